The summed E-state index contributed by atoms with van der Waals surface area (Å²) in [4.78, 5) is 17.6. The maximum atomic E-state index is 13.2. The number of nitrogens with zero attached hydrogens (tertiary/aromatic N) is 2. The van der Waals surface area contributed by atoms with Crippen LogP contribution >= 0.6 is 0 Å². The molecule has 1 spiro atoms. The highest BCUT2D eigenvalue weighted by Gasteiger charge is 2.51. The van der Waals surface area contributed by atoms with Gasteiger partial charge in [0.25, 0.3) is 0 Å². The van der Waals surface area contributed by atoms with Crippen LogP contribution in [0, 0.1) is 11.3 Å². The summed E-state index contributed by atoms with van der Waals surface area (Å²) < 4.78 is 16.5. The van der Waals surface area contributed by atoms with E-state index < -0.39 is 0 Å². The molecule has 6 heteroatoms. The maximum absolute atomic E-state index is 13.2. The van der Waals surface area contributed by atoms with Gasteiger partial charge in [-0.05, 0) is 25.0 Å². The molecule has 0 saturated carbocycles. The molecular weight excluding hydrogens is 308 g/mol. The number of hydrogen-bond acceptors (Lipinski definition) is 5. The normalized spacial score (nSPS) is 27.7. The summed E-state index contributed by atoms with van der Waals surface area (Å²) in [5.41, 5.74) is 0.0558. The third kappa shape index (κ3) is 3.10. The molecule has 0 bridgehead atoms. The summed E-state index contributed by atoms with van der Waals surface area (Å²) in [7, 11) is 0. The Hall–Kier alpha value is -1.37. The summed E-state index contributed by atoms with van der Waals surface area (Å²) in [5.74, 6) is 1.34. The first kappa shape index (κ1) is 16.1. The second-order valence-electron chi connectivity index (χ2n) is 7.21. The molecule has 6 nitrogen and oxygen atoms in total. The van der Waals surface area contributed by atoms with Crippen LogP contribution in [0.4, 0.5) is 0 Å². The fourth-order valence-corrected chi connectivity index (χ4v) is 4.44. The molecule has 132 valence electrons. The fourth-order valence-electron chi connectivity index (χ4n) is 4.44. The van der Waals surface area contributed by atoms with Crippen LogP contribution < -0.4 is 0 Å². The molecule has 1 aromatic rings. The Labute approximate surface area is 142 Å². The standard InChI is InChI=1S/C18H26N2O4/c21-17(20-5-10-23-11-6-20)16-13-19(12-15-2-1-7-24-15)14-18(16)3-8-22-9-4-18/h1-2,7,16H,3-6,8-14H2. The van der Waals surface area contributed by atoms with Crippen LogP contribution in [0.2, 0.25) is 0 Å². The van der Waals surface area contributed by atoms with Gasteiger partial charge < -0.3 is 18.8 Å². The predicted molar refractivity (Wildman–Crippen MR) is 87.4 cm³/mol. The average Bonchev–Trinajstić information content (AvgIpc) is 3.24. The monoisotopic (exact) mass is 334 g/mol. The van der Waals surface area contributed by atoms with E-state index in [0.29, 0.717) is 19.1 Å². The lowest BCUT2D eigenvalue weighted by Gasteiger charge is -2.40. The minimum Gasteiger partial charge on any atom is -0.468 e. The smallest absolute Gasteiger partial charge is 0.227 e. The first-order valence-corrected chi connectivity index (χ1v) is 8.96. The van der Waals surface area contributed by atoms with E-state index in [1.165, 1.54) is 0 Å². The van der Waals surface area contributed by atoms with Crippen molar-refractivity contribution < 1.29 is 18.7 Å². The van der Waals surface area contributed by atoms with Crippen LogP contribution in [-0.4, -0.2) is 68.3 Å². The number of carbonyl (C=O) groups excluding carboxylic acids is 1. The molecule has 1 unspecified atom stereocenters. The van der Waals surface area contributed by atoms with Gasteiger partial charge in [0.05, 0.1) is 31.9 Å². The minimum absolute atomic E-state index is 0.0558. The van der Waals surface area contributed by atoms with E-state index in [1.807, 2.05) is 17.0 Å². The Morgan fingerprint density at radius 1 is 1.17 bits per heavy atom. The van der Waals surface area contributed by atoms with Crippen molar-refractivity contribution in [3.8, 4) is 0 Å². The Bertz CT molecular complexity index is 547. The van der Waals surface area contributed by atoms with Crippen LogP contribution in [0.25, 0.3) is 0 Å². The van der Waals surface area contributed by atoms with E-state index in [1.54, 1.807) is 6.26 Å². The zero-order chi connectivity index (χ0) is 16.4. The van der Waals surface area contributed by atoms with Gasteiger partial charge in [0, 0.05) is 44.8 Å². The highest BCUT2D eigenvalue weighted by atomic mass is 16.5. The van der Waals surface area contributed by atoms with Crippen molar-refractivity contribution >= 4 is 5.91 Å². The number of ether oxygens (including phenoxy) is 2. The highest BCUT2D eigenvalue weighted by molar-refractivity contribution is 5.80. The van der Waals surface area contributed by atoms with Gasteiger partial charge in [0.15, 0.2) is 0 Å². The van der Waals surface area contributed by atoms with Crippen LogP contribution in [0.3, 0.4) is 0 Å². The quantitative estimate of drug-likeness (QED) is 0.836. The molecule has 3 fully saturated rings. The van der Waals surface area contributed by atoms with Crippen LogP contribution in [-0.2, 0) is 20.8 Å². The molecule has 1 atom stereocenters. The fraction of sp³-hybridized carbons (Fsp3) is 0.722. The van der Waals surface area contributed by atoms with Crippen LogP contribution in [0.15, 0.2) is 22.8 Å². The molecular formula is C18H26N2O4. The Balaban J connectivity index is 1.51. The molecule has 0 N–H and O–H groups in total. The molecule has 4 rings (SSSR count). The van der Waals surface area contributed by atoms with Gasteiger partial charge >= 0.3 is 0 Å². The molecule has 24 heavy (non-hydrogen) atoms. The van der Waals surface area contributed by atoms with Crippen molar-refractivity contribution in [1.29, 1.82) is 0 Å². The largest absolute Gasteiger partial charge is 0.468 e. The van der Waals surface area contributed by atoms with E-state index in [2.05, 4.69) is 4.90 Å². The topological polar surface area (TPSA) is 55.2 Å². The Morgan fingerprint density at radius 2 is 1.92 bits per heavy atom. The molecule has 1 aromatic heterocycles. The first-order chi connectivity index (χ1) is 11.8. The van der Waals surface area contributed by atoms with E-state index in [4.69, 9.17) is 13.9 Å². The maximum Gasteiger partial charge on any atom is 0.227 e. The zero-order valence-electron chi connectivity index (χ0n) is 14.1. The molecule has 0 radical (unpaired) electrons. The average molecular weight is 334 g/mol. The van der Waals surface area contributed by atoms with E-state index >= 15 is 0 Å². The van der Waals surface area contributed by atoms with Crippen molar-refractivity contribution in [2.24, 2.45) is 11.3 Å². The number of amides is 1. The van der Waals surface area contributed by atoms with Gasteiger partial charge in [-0.1, -0.05) is 0 Å². The third-order valence-electron chi connectivity index (χ3n) is 5.79. The van der Waals surface area contributed by atoms with Crippen molar-refractivity contribution in [3.63, 3.8) is 0 Å². The summed E-state index contributed by atoms with van der Waals surface area (Å²) >= 11 is 0. The second kappa shape index (κ2) is 6.86. The van der Waals surface area contributed by atoms with Crippen molar-refractivity contribution in [2.75, 3.05) is 52.6 Å². The van der Waals surface area contributed by atoms with Crippen LogP contribution in [0.1, 0.15) is 18.6 Å². The second-order valence-corrected chi connectivity index (χ2v) is 7.21. The van der Waals surface area contributed by atoms with Gasteiger partial charge in [0.2, 0.25) is 5.91 Å². The van der Waals surface area contributed by atoms with Gasteiger partial charge in [-0.25, -0.2) is 0 Å². The number of morpholine rings is 1. The van der Waals surface area contributed by atoms with E-state index in [9.17, 15) is 4.79 Å². The molecule has 4 heterocycles. The Morgan fingerprint density at radius 3 is 2.62 bits per heavy atom. The molecule has 3 aliphatic heterocycles. The van der Waals surface area contributed by atoms with Gasteiger partial charge in [-0.2, -0.15) is 0 Å². The minimum atomic E-state index is 0.0558. The van der Waals surface area contributed by atoms with Crippen molar-refractivity contribution in [1.82, 2.24) is 9.80 Å². The number of furan rings is 1. The van der Waals surface area contributed by atoms with E-state index in [0.717, 1.165) is 64.5 Å². The number of carbonyl (C=O) groups is 1. The summed E-state index contributed by atoms with van der Waals surface area (Å²) in [6.07, 6.45) is 3.66. The predicted octanol–water partition coefficient (Wildman–Crippen LogP) is 1.37. The number of hydrogen-bond donors (Lipinski definition) is 0. The highest BCUT2D eigenvalue weighted by Crippen LogP contribution is 2.45. The van der Waals surface area contributed by atoms with Crippen molar-refractivity contribution in [3.05, 3.63) is 24.2 Å². The zero-order valence-corrected chi connectivity index (χ0v) is 14.1. The Kier molecular flexibility index (Phi) is 4.61. The SMILES string of the molecule is O=C(C1CN(Cc2ccco2)CC12CCOCC2)N1CCOCC1. The van der Waals surface area contributed by atoms with Gasteiger partial charge in [-0.3, -0.25) is 9.69 Å². The molecule has 0 aliphatic carbocycles. The first-order valence-electron chi connectivity index (χ1n) is 8.96. The molecule has 3 saturated heterocycles. The molecule has 0 aromatic carbocycles. The lowest BCUT2D eigenvalue weighted by atomic mass is 9.71. The number of likely N-dealkylation sites (tertiary alicyclic amines) is 1. The number of rotatable bonds is 3. The molecule has 3 aliphatic rings. The summed E-state index contributed by atoms with van der Waals surface area (Å²) in [6.45, 7) is 6.84. The lowest BCUT2D eigenvalue weighted by molar-refractivity contribution is -0.144. The summed E-state index contributed by atoms with van der Waals surface area (Å²) in [6, 6.07) is 3.93. The lowest BCUT2D eigenvalue weighted by Crippen LogP contribution is -2.49. The molecule has 1 amide bonds. The van der Waals surface area contributed by atoms with Gasteiger partial charge in [0.1, 0.15) is 5.76 Å². The van der Waals surface area contributed by atoms with Gasteiger partial charge in [-0.15, -0.1) is 0 Å². The summed E-state index contributed by atoms with van der Waals surface area (Å²) in [5, 5.41) is 0. The van der Waals surface area contributed by atoms with Crippen LogP contribution in [0.5, 0.6) is 0 Å². The van der Waals surface area contributed by atoms with E-state index in [-0.39, 0.29) is 11.3 Å². The third-order valence-corrected chi connectivity index (χ3v) is 5.79. The van der Waals surface area contributed by atoms with Crippen molar-refractivity contribution in [2.45, 2.75) is 19.4 Å².